The first kappa shape index (κ1) is 13.1. The number of anilines is 2. The maximum Gasteiger partial charge on any atom is 0.240 e. The van der Waals surface area contributed by atoms with Crippen molar-refractivity contribution in [1.82, 2.24) is 0 Å². The minimum absolute atomic E-state index is 0.0214. The molecule has 0 radical (unpaired) electrons. The van der Waals surface area contributed by atoms with E-state index in [4.69, 9.17) is 10.9 Å². The molecule has 0 unspecified atom stereocenters. The van der Waals surface area contributed by atoms with Crippen LogP contribution in [0.3, 0.4) is 0 Å². The first-order valence-corrected chi connectivity index (χ1v) is 8.23. The third kappa shape index (κ3) is 2.74. The summed E-state index contributed by atoms with van der Waals surface area (Å²) in [6, 6.07) is 3.80. The predicted octanol–water partition coefficient (Wildman–Crippen LogP) is -0.180. The van der Waals surface area contributed by atoms with Gasteiger partial charge in [0.2, 0.25) is 20.0 Å². The molecule has 1 aliphatic rings. The van der Waals surface area contributed by atoms with Crippen molar-refractivity contribution < 1.29 is 16.8 Å². The lowest BCUT2D eigenvalue weighted by molar-refractivity contribution is 0.596. The molecule has 0 atom stereocenters. The molecule has 7 nitrogen and oxygen atoms in total. The Hall–Kier alpha value is -1.32. The highest BCUT2D eigenvalue weighted by atomic mass is 32.2. The number of nitrogens with two attached hydrogens (primary N) is 2. The summed E-state index contributed by atoms with van der Waals surface area (Å²) in [6.07, 6.45) is 1.23. The van der Waals surface area contributed by atoms with E-state index in [0.29, 0.717) is 12.8 Å². The van der Waals surface area contributed by atoms with Crippen LogP contribution in [0.2, 0.25) is 0 Å². The number of nitrogen functional groups attached to an aromatic ring is 1. The fraction of sp³-hybridized carbons (Fsp3) is 0.333. The molecule has 1 fully saturated rings. The summed E-state index contributed by atoms with van der Waals surface area (Å²) in [4.78, 5) is -0.293. The average molecular weight is 291 g/mol. The third-order valence-corrected chi connectivity index (χ3v) is 5.38. The maximum absolute atomic E-state index is 11.7. The van der Waals surface area contributed by atoms with E-state index < -0.39 is 25.3 Å². The quantitative estimate of drug-likeness (QED) is 0.662. The van der Waals surface area contributed by atoms with E-state index in [0.717, 1.165) is 6.07 Å². The molecule has 1 saturated carbocycles. The molecule has 18 heavy (non-hydrogen) atoms. The van der Waals surface area contributed by atoms with Gasteiger partial charge in [-0.25, -0.2) is 22.0 Å². The van der Waals surface area contributed by atoms with Gasteiger partial charge in [0.05, 0.1) is 10.9 Å². The number of benzene rings is 1. The largest absolute Gasteiger partial charge is 0.398 e. The highest BCUT2D eigenvalue weighted by Crippen LogP contribution is 2.30. The number of nitrogens with one attached hydrogen (secondary N) is 1. The van der Waals surface area contributed by atoms with E-state index in [9.17, 15) is 16.8 Å². The minimum Gasteiger partial charge on any atom is -0.398 e. The van der Waals surface area contributed by atoms with Crippen LogP contribution in [0.4, 0.5) is 11.4 Å². The molecule has 0 heterocycles. The topological polar surface area (TPSA) is 132 Å². The summed E-state index contributed by atoms with van der Waals surface area (Å²) < 4.78 is 48.2. The Morgan fingerprint density at radius 3 is 2.28 bits per heavy atom. The predicted molar refractivity (Wildman–Crippen MR) is 67.8 cm³/mol. The van der Waals surface area contributed by atoms with E-state index in [2.05, 4.69) is 4.72 Å². The molecule has 100 valence electrons. The van der Waals surface area contributed by atoms with Crippen LogP contribution in [0.1, 0.15) is 12.8 Å². The summed E-state index contributed by atoms with van der Waals surface area (Å²) in [5.41, 5.74) is 5.59. The molecular weight excluding hydrogens is 278 g/mol. The van der Waals surface area contributed by atoms with Gasteiger partial charge >= 0.3 is 0 Å². The average Bonchev–Trinajstić information content (AvgIpc) is 3.02. The second-order valence-electron chi connectivity index (χ2n) is 4.14. The summed E-state index contributed by atoms with van der Waals surface area (Å²) >= 11 is 0. The second-order valence-corrected chi connectivity index (χ2v) is 7.63. The van der Waals surface area contributed by atoms with E-state index >= 15 is 0 Å². The number of sulfonamides is 2. The normalized spacial score (nSPS) is 16.5. The van der Waals surface area contributed by atoms with Crippen LogP contribution >= 0.6 is 0 Å². The van der Waals surface area contributed by atoms with Crippen LogP contribution in [-0.4, -0.2) is 22.1 Å². The highest BCUT2D eigenvalue weighted by Gasteiger charge is 2.35. The first-order chi connectivity index (χ1) is 8.20. The number of primary sulfonamides is 1. The van der Waals surface area contributed by atoms with Crippen LogP contribution in [0.15, 0.2) is 23.1 Å². The highest BCUT2D eigenvalue weighted by molar-refractivity contribution is 7.93. The van der Waals surface area contributed by atoms with Crippen molar-refractivity contribution >= 4 is 31.4 Å². The van der Waals surface area contributed by atoms with E-state index in [1.165, 1.54) is 12.1 Å². The van der Waals surface area contributed by atoms with Gasteiger partial charge in [-0.15, -0.1) is 0 Å². The van der Waals surface area contributed by atoms with Gasteiger partial charge in [-0.2, -0.15) is 0 Å². The number of hydrogen-bond acceptors (Lipinski definition) is 5. The Balaban J connectivity index is 2.36. The monoisotopic (exact) mass is 291 g/mol. The van der Waals surface area contributed by atoms with Gasteiger partial charge in [0.1, 0.15) is 4.90 Å². The van der Waals surface area contributed by atoms with Crippen molar-refractivity contribution in [2.45, 2.75) is 23.0 Å². The Labute approximate surface area is 105 Å². The maximum atomic E-state index is 11.7. The fourth-order valence-corrected chi connectivity index (χ4v) is 3.54. The van der Waals surface area contributed by atoms with Gasteiger partial charge in [0, 0.05) is 5.69 Å². The SMILES string of the molecule is Nc1ccc(NS(=O)(=O)C2CC2)cc1S(N)(=O)=O. The molecule has 0 saturated heterocycles. The Morgan fingerprint density at radius 1 is 1.17 bits per heavy atom. The van der Waals surface area contributed by atoms with Crippen molar-refractivity contribution in [3.8, 4) is 0 Å². The summed E-state index contributed by atoms with van der Waals surface area (Å²) in [5, 5.41) is 4.58. The third-order valence-electron chi connectivity index (χ3n) is 2.54. The smallest absolute Gasteiger partial charge is 0.240 e. The first-order valence-electron chi connectivity index (χ1n) is 5.14. The van der Waals surface area contributed by atoms with E-state index in [1.54, 1.807) is 0 Å². The molecule has 1 aromatic rings. The zero-order valence-electron chi connectivity index (χ0n) is 9.33. The molecule has 2 rings (SSSR count). The number of rotatable bonds is 4. The Kier molecular flexibility index (Phi) is 2.99. The molecule has 0 bridgehead atoms. The van der Waals surface area contributed by atoms with Crippen molar-refractivity contribution in [2.75, 3.05) is 10.5 Å². The molecule has 0 amide bonds. The summed E-state index contributed by atoms with van der Waals surface area (Å²) in [5.74, 6) is 0. The molecule has 9 heteroatoms. The zero-order chi connectivity index (χ0) is 13.6. The van der Waals surface area contributed by atoms with Crippen molar-refractivity contribution in [1.29, 1.82) is 0 Å². The van der Waals surface area contributed by atoms with E-state index in [-0.39, 0.29) is 16.3 Å². The molecule has 5 N–H and O–H groups in total. The van der Waals surface area contributed by atoms with Crippen LogP contribution in [0, 0.1) is 0 Å². The van der Waals surface area contributed by atoms with Crippen molar-refractivity contribution in [3.63, 3.8) is 0 Å². The van der Waals surface area contributed by atoms with Gasteiger partial charge < -0.3 is 5.73 Å². The molecule has 1 aromatic carbocycles. The van der Waals surface area contributed by atoms with Crippen LogP contribution in [-0.2, 0) is 20.0 Å². The van der Waals surface area contributed by atoms with Crippen LogP contribution in [0.5, 0.6) is 0 Å². The summed E-state index contributed by atoms with van der Waals surface area (Å²) in [7, 11) is -7.42. The van der Waals surface area contributed by atoms with Crippen LogP contribution in [0.25, 0.3) is 0 Å². The molecule has 1 aliphatic carbocycles. The van der Waals surface area contributed by atoms with E-state index in [1.807, 2.05) is 0 Å². The lowest BCUT2D eigenvalue weighted by atomic mass is 10.3. The van der Waals surface area contributed by atoms with Crippen LogP contribution < -0.4 is 15.6 Å². The molecule has 0 spiro atoms. The van der Waals surface area contributed by atoms with Crippen molar-refractivity contribution in [2.24, 2.45) is 5.14 Å². The molecule has 0 aromatic heterocycles. The molecule has 0 aliphatic heterocycles. The second kappa shape index (κ2) is 4.11. The lowest BCUT2D eigenvalue weighted by Gasteiger charge is -2.09. The van der Waals surface area contributed by atoms with Gasteiger partial charge in [0.15, 0.2) is 0 Å². The van der Waals surface area contributed by atoms with Gasteiger partial charge in [0.25, 0.3) is 0 Å². The summed E-state index contributed by atoms with van der Waals surface area (Å²) in [6.45, 7) is 0. The van der Waals surface area contributed by atoms with Gasteiger partial charge in [-0.3, -0.25) is 4.72 Å². The number of hydrogen-bond donors (Lipinski definition) is 3. The fourth-order valence-electron chi connectivity index (χ4n) is 1.47. The zero-order valence-corrected chi connectivity index (χ0v) is 11.0. The Bertz CT molecular complexity index is 678. The van der Waals surface area contributed by atoms with Gasteiger partial charge in [-0.1, -0.05) is 0 Å². The Morgan fingerprint density at radius 2 is 1.78 bits per heavy atom. The lowest BCUT2D eigenvalue weighted by Crippen LogP contribution is -2.19. The van der Waals surface area contributed by atoms with Gasteiger partial charge in [-0.05, 0) is 31.0 Å². The minimum atomic E-state index is -3.98. The molecular formula is C9H13N3O4S2. The van der Waals surface area contributed by atoms with Crippen molar-refractivity contribution in [3.05, 3.63) is 18.2 Å². The standard InChI is InChI=1S/C9H13N3O4S2/c10-8-4-1-6(5-9(8)17(11,13)14)12-18(15,16)7-2-3-7/h1,4-5,7,12H,2-3,10H2,(H2,11,13,14).